The second kappa shape index (κ2) is 13.9. The highest BCUT2D eigenvalue weighted by Crippen LogP contribution is 2.49. The fourth-order valence-electron chi connectivity index (χ4n) is 10.8. The summed E-state index contributed by atoms with van der Waals surface area (Å²) in [6.45, 7) is 7.01. The SMILES string of the molecule is CC(C)(C)c1cc2c3c(c1)N(c1ccccc1-c1ccccn1)c1cccc4c1B3c1c(cccc1[Si]4(c1ccccc1)c1ccccc1)N2c1ccccc1-c1ccccn1. The lowest BCUT2D eigenvalue weighted by atomic mass is 9.33. The molecule has 0 spiro atoms. The molecule has 0 saturated carbocycles. The summed E-state index contributed by atoms with van der Waals surface area (Å²) < 4.78 is 0. The number of pyridine rings is 2. The number of aromatic nitrogens is 2. The van der Waals surface area contributed by atoms with E-state index in [0.29, 0.717) is 0 Å². The Balaban J connectivity index is 1.29. The second-order valence-electron chi connectivity index (χ2n) is 17.7. The summed E-state index contributed by atoms with van der Waals surface area (Å²) in [5.41, 5.74) is 16.5. The van der Waals surface area contributed by atoms with Crippen LogP contribution in [0.15, 0.2) is 207 Å². The molecule has 4 nitrogen and oxygen atoms in total. The third-order valence-electron chi connectivity index (χ3n) is 13.4. The highest BCUT2D eigenvalue weighted by molar-refractivity contribution is 7.27. The Morgan fingerprint density at radius 2 is 0.823 bits per heavy atom. The van der Waals surface area contributed by atoms with E-state index >= 15 is 0 Å². The number of hydrogen-bond acceptors (Lipinski definition) is 4. The topological polar surface area (TPSA) is 32.3 Å². The number of benzene rings is 7. The zero-order valence-corrected chi connectivity index (χ0v) is 36.0. The van der Waals surface area contributed by atoms with Gasteiger partial charge in [-0.2, -0.15) is 0 Å². The Bertz CT molecular complexity index is 2980. The van der Waals surface area contributed by atoms with Crippen molar-refractivity contribution in [2.24, 2.45) is 0 Å². The first-order valence-electron chi connectivity index (χ1n) is 21.6. The predicted molar refractivity (Wildman–Crippen MR) is 263 cm³/mol. The standard InChI is InChI=1S/C56H43BN4Si/c1-56(2,3)38-36-49-53-50(37-38)61(46-29-13-11-25-42(46)44-27-15-17-35-59-44)48-31-19-33-52-55(48)57(53)54-47(60(49)45-28-12-10-24-41(45)43-26-14-16-34-58-43)30-18-32-51(54)62(52,39-20-6-4-7-21-39)40-22-8-5-9-23-40/h4-37H,1-3H3. The molecule has 0 amide bonds. The average Bonchev–Trinajstić information content (AvgIpc) is 3.32. The first-order chi connectivity index (χ1) is 30.4. The number of nitrogens with zero attached hydrogens (tertiary/aromatic N) is 4. The number of hydrogen-bond donors (Lipinski definition) is 0. The van der Waals surface area contributed by atoms with Gasteiger partial charge in [0.1, 0.15) is 0 Å². The quantitative estimate of drug-likeness (QED) is 0.157. The van der Waals surface area contributed by atoms with E-state index in [4.69, 9.17) is 9.97 Å². The molecule has 0 bridgehead atoms. The molecule has 5 heterocycles. The van der Waals surface area contributed by atoms with E-state index in [1.165, 1.54) is 65.4 Å². The number of rotatable bonds is 6. The van der Waals surface area contributed by atoms with Gasteiger partial charge in [0.2, 0.25) is 0 Å². The van der Waals surface area contributed by atoms with Crippen molar-refractivity contribution < 1.29 is 0 Å². The molecule has 62 heavy (non-hydrogen) atoms. The summed E-state index contributed by atoms with van der Waals surface area (Å²) in [4.78, 5) is 15.1. The maximum Gasteiger partial charge on any atom is 0.251 e. The van der Waals surface area contributed by atoms with Gasteiger partial charge in [-0.25, -0.2) is 0 Å². The smallest absolute Gasteiger partial charge is 0.251 e. The van der Waals surface area contributed by atoms with E-state index in [-0.39, 0.29) is 12.1 Å². The fourth-order valence-corrected chi connectivity index (χ4v) is 16.1. The van der Waals surface area contributed by atoms with E-state index in [9.17, 15) is 0 Å². The molecular weight excluding hydrogens is 768 g/mol. The van der Waals surface area contributed by atoms with Gasteiger partial charge in [-0.3, -0.25) is 9.97 Å². The fraction of sp³-hybridized carbons (Fsp3) is 0.0714. The summed E-state index contributed by atoms with van der Waals surface area (Å²) in [5, 5.41) is 5.65. The van der Waals surface area contributed by atoms with E-state index < -0.39 is 8.07 Å². The Kier molecular flexibility index (Phi) is 8.19. The van der Waals surface area contributed by atoms with Gasteiger partial charge in [0, 0.05) is 46.3 Å². The van der Waals surface area contributed by atoms with E-state index in [2.05, 4.69) is 213 Å². The summed E-state index contributed by atoms with van der Waals surface area (Å²) in [6.07, 6.45) is 3.81. The molecule has 2 aromatic heterocycles. The lowest BCUT2D eigenvalue weighted by Gasteiger charge is -2.52. The highest BCUT2D eigenvalue weighted by atomic mass is 28.3. The van der Waals surface area contributed by atoms with Gasteiger partial charge in [-0.1, -0.05) is 154 Å². The maximum atomic E-state index is 4.95. The van der Waals surface area contributed by atoms with Crippen molar-refractivity contribution >= 4 is 86.0 Å². The van der Waals surface area contributed by atoms with Gasteiger partial charge in [-0.05, 0) is 109 Å². The van der Waals surface area contributed by atoms with Crippen LogP contribution in [0.2, 0.25) is 0 Å². The molecule has 12 rings (SSSR count). The van der Waals surface area contributed by atoms with Gasteiger partial charge < -0.3 is 9.80 Å². The van der Waals surface area contributed by atoms with Crippen LogP contribution in [0.5, 0.6) is 0 Å². The van der Waals surface area contributed by atoms with Crippen molar-refractivity contribution in [3.8, 4) is 22.5 Å². The van der Waals surface area contributed by atoms with Crippen molar-refractivity contribution in [2.75, 3.05) is 9.80 Å². The molecule has 3 aliphatic rings. The van der Waals surface area contributed by atoms with Crippen LogP contribution in [-0.4, -0.2) is 24.8 Å². The minimum Gasteiger partial charge on any atom is -0.311 e. The molecule has 0 fully saturated rings. The van der Waals surface area contributed by atoms with Crippen LogP contribution in [-0.2, 0) is 5.41 Å². The average molecular weight is 811 g/mol. The van der Waals surface area contributed by atoms with Crippen LogP contribution >= 0.6 is 0 Å². The Morgan fingerprint density at radius 1 is 0.403 bits per heavy atom. The van der Waals surface area contributed by atoms with Gasteiger partial charge in [0.05, 0.1) is 22.8 Å². The van der Waals surface area contributed by atoms with Crippen LogP contribution < -0.4 is 46.9 Å². The Morgan fingerprint density at radius 3 is 1.26 bits per heavy atom. The molecule has 6 heteroatoms. The normalized spacial score (nSPS) is 14.1. The van der Waals surface area contributed by atoms with E-state index in [1.807, 2.05) is 24.5 Å². The summed E-state index contributed by atoms with van der Waals surface area (Å²) in [6, 6.07) is 72.3. The first kappa shape index (κ1) is 36.6. The minimum absolute atomic E-state index is 0.00371. The van der Waals surface area contributed by atoms with Crippen molar-refractivity contribution in [3.05, 3.63) is 212 Å². The molecule has 0 aliphatic carbocycles. The largest absolute Gasteiger partial charge is 0.311 e. The highest BCUT2D eigenvalue weighted by Gasteiger charge is 2.56. The van der Waals surface area contributed by atoms with Gasteiger partial charge in [0.25, 0.3) is 6.71 Å². The van der Waals surface area contributed by atoms with E-state index in [1.54, 1.807) is 0 Å². The van der Waals surface area contributed by atoms with Crippen molar-refractivity contribution in [1.82, 2.24) is 9.97 Å². The first-order valence-corrected chi connectivity index (χ1v) is 23.6. The van der Waals surface area contributed by atoms with Crippen molar-refractivity contribution in [3.63, 3.8) is 0 Å². The van der Waals surface area contributed by atoms with Crippen LogP contribution in [0.1, 0.15) is 26.3 Å². The molecule has 0 N–H and O–H groups in total. The summed E-state index contributed by atoms with van der Waals surface area (Å²) in [7, 11) is -2.99. The molecule has 0 radical (unpaired) electrons. The molecule has 9 aromatic rings. The molecule has 0 unspecified atom stereocenters. The molecule has 3 aliphatic heterocycles. The molecule has 0 saturated heterocycles. The van der Waals surface area contributed by atoms with Crippen molar-refractivity contribution in [2.45, 2.75) is 26.2 Å². The van der Waals surface area contributed by atoms with Crippen LogP contribution in [0, 0.1) is 0 Å². The summed E-state index contributed by atoms with van der Waals surface area (Å²) in [5.74, 6) is 0. The third-order valence-corrected chi connectivity index (χ3v) is 18.3. The predicted octanol–water partition coefficient (Wildman–Crippen LogP) is 8.88. The second-order valence-corrected chi connectivity index (χ2v) is 21.4. The van der Waals surface area contributed by atoms with Gasteiger partial charge in [-0.15, -0.1) is 0 Å². The van der Waals surface area contributed by atoms with E-state index in [0.717, 1.165) is 33.9 Å². The molecule has 294 valence electrons. The summed E-state index contributed by atoms with van der Waals surface area (Å²) >= 11 is 0. The molecule has 0 atom stereocenters. The van der Waals surface area contributed by atoms with Gasteiger partial charge >= 0.3 is 0 Å². The third kappa shape index (κ3) is 5.20. The van der Waals surface area contributed by atoms with Crippen LogP contribution in [0.25, 0.3) is 22.5 Å². The maximum absolute atomic E-state index is 4.95. The molecule has 7 aromatic carbocycles. The van der Waals surface area contributed by atoms with Crippen LogP contribution in [0.3, 0.4) is 0 Å². The monoisotopic (exact) mass is 810 g/mol. The van der Waals surface area contributed by atoms with Crippen molar-refractivity contribution in [1.29, 1.82) is 0 Å². The lowest BCUT2D eigenvalue weighted by Crippen LogP contribution is -2.88. The van der Waals surface area contributed by atoms with Gasteiger partial charge in [0.15, 0.2) is 8.07 Å². The number of para-hydroxylation sites is 2. The Labute approximate surface area is 364 Å². The zero-order valence-electron chi connectivity index (χ0n) is 35.0. The Hall–Kier alpha value is -7.28. The molecular formula is C56H43BN4Si. The minimum atomic E-state index is -2.99. The van der Waals surface area contributed by atoms with Crippen LogP contribution in [0.4, 0.5) is 34.1 Å². The number of anilines is 6. The lowest BCUT2D eigenvalue weighted by molar-refractivity contribution is 0.590. The zero-order chi connectivity index (χ0) is 41.6.